The highest BCUT2D eigenvalue weighted by Crippen LogP contribution is 2.13. The van der Waals surface area contributed by atoms with Crippen LogP contribution >= 0.6 is 0 Å². The maximum atomic E-state index is 12.0. The molecule has 23 heavy (non-hydrogen) atoms. The highest BCUT2D eigenvalue weighted by Gasteiger charge is 2.38. The largest absolute Gasteiger partial charge is 0.466 e. The molecule has 1 unspecified atom stereocenters. The SMILES string of the molecule is CC(=O)OCC(C)CN1C[C@H](NC(=O)Cc2ccccc2)C1=O. The zero-order valence-corrected chi connectivity index (χ0v) is 13.5. The second kappa shape index (κ2) is 7.76. The lowest BCUT2D eigenvalue weighted by atomic mass is 10.0. The zero-order valence-electron chi connectivity index (χ0n) is 13.5. The number of nitrogens with zero attached hydrogens (tertiary/aromatic N) is 1. The van der Waals surface area contributed by atoms with Gasteiger partial charge in [-0.15, -0.1) is 0 Å². The average Bonchev–Trinajstić information content (AvgIpc) is 2.52. The number of nitrogens with one attached hydrogen (secondary N) is 1. The van der Waals surface area contributed by atoms with Crippen molar-refractivity contribution >= 4 is 17.8 Å². The van der Waals surface area contributed by atoms with Gasteiger partial charge in [-0.25, -0.2) is 0 Å². The Morgan fingerprint density at radius 1 is 1.35 bits per heavy atom. The van der Waals surface area contributed by atoms with E-state index in [4.69, 9.17) is 4.74 Å². The number of likely N-dealkylation sites (tertiary alicyclic amines) is 1. The van der Waals surface area contributed by atoms with Crippen LogP contribution in [0.2, 0.25) is 0 Å². The van der Waals surface area contributed by atoms with Crippen LogP contribution in [0.5, 0.6) is 0 Å². The van der Waals surface area contributed by atoms with Crippen LogP contribution in [0.4, 0.5) is 0 Å². The molecule has 124 valence electrons. The number of carbonyl (C=O) groups excluding carboxylic acids is 3. The molecular weight excluding hydrogens is 296 g/mol. The number of esters is 1. The molecule has 0 aromatic heterocycles. The Morgan fingerprint density at radius 2 is 2.04 bits per heavy atom. The van der Waals surface area contributed by atoms with E-state index in [1.807, 2.05) is 37.3 Å². The minimum atomic E-state index is -0.438. The standard InChI is InChI=1S/C17H22N2O4/c1-12(11-23-13(2)20)9-19-10-15(17(19)22)18-16(21)8-14-6-4-3-5-7-14/h3-7,12,15H,8-11H2,1-2H3,(H,18,21)/t12?,15-/m0/s1. The maximum Gasteiger partial charge on any atom is 0.302 e. The van der Waals surface area contributed by atoms with E-state index in [-0.39, 0.29) is 30.1 Å². The molecule has 1 fully saturated rings. The summed E-state index contributed by atoms with van der Waals surface area (Å²) in [5, 5.41) is 2.75. The number of benzene rings is 1. The van der Waals surface area contributed by atoms with Gasteiger partial charge in [0.15, 0.2) is 0 Å². The topological polar surface area (TPSA) is 75.7 Å². The first-order valence-electron chi connectivity index (χ1n) is 7.71. The van der Waals surface area contributed by atoms with Crippen LogP contribution in [0.3, 0.4) is 0 Å². The van der Waals surface area contributed by atoms with Crippen LogP contribution in [-0.2, 0) is 25.5 Å². The molecular formula is C17H22N2O4. The number of hydrogen-bond donors (Lipinski definition) is 1. The Balaban J connectivity index is 1.70. The van der Waals surface area contributed by atoms with Crippen LogP contribution < -0.4 is 5.32 Å². The highest BCUT2D eigenvalue weighted by atomic mass is 16.5. The van der Waals surface area contributed by atoms with Crippen LogP contribution in [0.25, 0.3) is 0 Å². The van der Waals surface area contributed by atoms with E-state index < -0.39 is 6.04 Å². The summed E-state index contributed by atoms with van der Waals surface area (Å²) in [5.41, 5.74) is 0.920. The number of β-lactam (4-membered cyclic amide) rings is 1. The Bertz CT molecular complexity index is 573. The monoisotopic (exact) mass is 318 g/mol. The number of amides is 2. The average molecular weight is 318 g/mol. The molecule has 1 aliphatic heterocycles. The smallest absolute Gasteiger partial charge is 0.302 e. The summed E-state index contributed by atoms with van der Waals surface area (Å²) in [6, 6.07) is 8.97. The fraction of sp³-hybridized carbons (Fsp3) is 0.471. The third-order valence-corrected chi connectivity index (χ3v) is 3.66. The summed E-state index contributed by atoms with van der Waals surface area (Å²) in [7, 11) is 0. The minimum Gasteiger partial charge on any atom is -0.466 e. The molecule has 6 nitrogen and oxygen atoms in total. The van der Waals surface area contributed by atoms with E-state index in [1.165, 1.54) is 6.92 Å². The van der Waals surface area contributed by atoms with Crippen molar-refractivity contribution in [2.75, 3.05) is 19.7 Å². The highest BCUT2D eigenvalue weighted by molar-refractivity contribution is 5.92. The fourth-order valence-corrected chi connectivity index (χ4v) is 2.48. The number of carbonyl (C=O) groups is 3. The molecule has 2 amide bonds. The lowest BCUT2D eigenvalue weighted by Gasteiger charge is -2.40. The number of rotatable bonds is 7. The Kier molecular flexibility index (Phi) is 5.73. The predicted octanol–water partition coefficient (Wildman–Crippen LogP) is 0.755. The summed E-state index contributed by atoms with van der Waals surface area (Å²) < 4.78 is 4.92. The minimum absolute atomic E-state index is 0.0730. The van der Waals surface area contributed by atoms with Crippen molar-refractivity contribution < 1.29 is 19.1 Å². The summed E-state index contributed by atoms with van der Waals surface area (Å²) in [5.74, 6) is -0.482. The lowest BCUT2D eigenvalue weighted by Crippen LogP contribution is -2.64. The van der Waals surface area contributed by atoms with Crippen LogP contribution in [0.1, 0.15) is 19.4 Å². The zero-order chi connectivity index (χ0) is 16.8. The summed E-state index contributed by atoms with van der Waals surface area (Å²) in [6.07, 6.45) is 0.271. The van der Waals surface area contributed by atoms with Crippen molar-refractivity contribution in [1.29, 1.82) is 0 Å². The second-order valence-electron chi connectivity index (χ2n) is 5.93. The van der Waals surface area contributed by atoms with Gasteiger partial charge in [0.2, 0.25) is 11.8 Å². The van der Waals surface area contributed by atoms with Gasteiger partial charge in [-0.1, -0.05) is 37.3 Å². The Labute approximate surface area is 135 Å². The predicted molar refractivity (Wildman–Crippen MR) is 84.5 cm³/mol. The van der Waals surface area contributed by atoms with Gasteiger partial charge in [-0.3, -0.25) is 14.4 Å². The second-order valence-corrected chi connectivity index (χ2v) is 5.93. The molecule has 1 aromatic rings. The molecule has 1 aromatic carbocycles. The summed E-state index contributed by atoms with van der Waals surface area (Å²) in [4.78, 5) is 36.4. The molecule has 1 aliphatic rings. The number of ether oxygens (including phenoxy) is 1. The van der Waals surface area contributed by atoms with E-state index in [2.05, 4.69) is 5.32 Å². The van der Waals surface area contributed by atoms with E-state index in [0.29, 0.717) is 19.7 Å². The molecule has 0 bridgehead atoms. The third-order valence-electron chi connectivity index (χ3n) is 3.66. The van der Waals surface area contributed by atoms with Crippen LogP contribution in [-0.4, -0.2) is 48.4 Å². The van der Waals surface area contributed by atoms with E-state index in [1.54, 1.807) is 4.90 Å². The van der Waals surface area contributed by atoms with Gasteiger partial charge in [0.25, 0.3) is 0 Å². The van der Waals surface area contributed by atoms with E-state index in [9.17, 15) is 14.4 Å². The van der Waals surface area contributed by atoms with Crippen LogP contribution in [0, 0.1) is 5.92 Å². The Morgan fingerprint density at radius 3 is 2.65 bits per heavy atom. The first kappa shape index (κ1) is 17.0. The molecule has 0 saturated carbocycles. The molecule has 6 heteroatoms. The Hall–Kier alpha value is -2.37. The summed E-state index contributed by atoms with van der Waals surface area (Å²) in [6.45, 7) is 4.60. The molecule has 0 spiro atoms. The van der Waals surface area contributed by atoms with Crippen molar-refractivity contribution in [2.45, 2.75) is 26.3 Å². The third kappa shape index (κ3) is 5.09. The molecule has 1 N–H and O–H groups in total. The molecule has 1 saturated heterocycles. The molecule has 2 rings (SSSR count). The fourth-order valence-electron chi connectivity index (χ4n) is 2.48. The van der Waals surface area contributed by atoms with Crippen molar-refractivity contribution in [1.82, 2.24) is 10.2 Å². The first-order chi connectivity index (χ1) is 11.0. The van der Waals surface area contributed by atoms with Gasteiger partial charge in [0, 0.05) is 25.9 Å². The van der Waals surface area contributed by atoms with Crippen LogP contribution in [0.15, 0.2) is 30.3 Å². The molecule has 0 radical (unpaired) electrons. The molecule has 1 heterocycles. The molecule has 0 aliphatic carbocycles. The van der Waals surface area contributed by atoms with E-state index >= 15 is 0 Å². The maximum absolute atomic E-state index is 12.0. The van der Waals surface area contributed by atoms with Gasteiger partial charge in [0.1, 0.15) is 6.04 Å². The quantitative estimate of drug-likeness (QED) is 0.595. The van der Waals surface area contributed by atoms with E-state index in [0.717, 1.165) is 5.56 Å². The van der Waals surface area contributed by atoms with Gasteiger partial charge in [-0.2, -0.15) is 0 Å². The van der Waals surface area contributed by atoms with Gasteiger partial charge in [-0.05, 0) is 5.56 Å². The van der Waals surface area contributed by atoms with Gasteiger partial charge < -0.3 is 15.0 Å². The van der Waals surface area contributed by atoms with Crippen molar-refractivity contribution in [3.05, 3.63) is 35.9 Å². The molecule has 2 atom stereocenters. The van der Waals surface area contributed by atoms with Crippen molar-refractivity contribution in [3.63, 3.8) is 0 Å². The number of hydrogen-bond acceptors (Lipinski definition) is 4. The van der Waals surface area contributed by atoms with Gasteiger partial charge >= 0.3 is 5.97 Å². The normalized spacial score (nSPS) is 18.1. The lowest BCUT2D eigenvalue weighted by molar-refractivity contribution is -0.148. The first-order valence-corrected chi connectivity index (χ1v) is 7.71. The van der Waals surface area contributed by atoms with Crippen molar-refractivity contribution in [2.24, 2.45) is 5.92 Å². The van der Waals surface area contributed by atoms with Crippen molar-refractivity contribution in [3.8, 4) is 0 Å². The summed E-state index contributed by atoms with van der Waals surface area (Å²) >= 11 is 0. The van der Waals surface area contributed by atoms with Gasteiger partial charge in [0.05, 0.1) is 13.0 Å².